The number of ether oxygens (including phenoxy) is 2. The number of hydrogen-bond acceptors (Lipinski definition) is 7. The first kappa shape index (κ1) is 21.7. The van der Waals surface area contributed by atoms with Gasteiger partial charge in [0, 0.05) is 6.07 Å². The molecule has 0 spiro atoms. The van der Waals surface area contributed by atoms with Crippen molar-refractivity contribution in [2.24, 2.45) is 0 Å². The molecule has 3 aromatic carbocycles. The van der Waals surface area contributed by atoms with E-state index in [4.69, 9.17) is 14.5 Å². The van der Waals surface area contributed by atoms with Crippen molar-refractivity contribution in [2.75, 3.05) is 14.2 Å². The minimum atomic E-state index is -0.208. The number of benzene rings is 3. The summed E-state index contributed by atoms with van der Waals surface area (Å²) in [6.45, 7) is 0. The Morgan fingerprint density at radius 1 is 0.853 bits per heavy atom. The molecule has 0 unspecified atom stereocenters. The van der Waals surface area contributed by atoms with Crippen LogP contribution in [-0.2, 0) is 5.75 Å². The van der Waals surface area contributed by atoms with Crippen molar-refractivity contribution in [3.8, 4) is 17.2 Å². The Balaban J connectivity index is 1.62. The highest BCUT2D eigenvalue weighted by atomic mass is 32.2. The van der Waals surface area contributed by atoms with Gasteiger partial charge in [-0.15, -0.1) is 0 Å². The number of aromatic amines is 1. The van der Waals surface area contributed by atoms with E-state index in [2.05, 4.69) is 9.97 Å². The van der Waals surface area contributed by atoms with Crippen LogP contribution in [0.4, 0.5) is 0 Å². The van der Waals surface area contributed by atoms with E-state index in [0.29, 0.717) is 55.7 Å². The fourth-order valence-corrected chi connectivity index (χ4v) is 4.62. The molecule has 170 valence electrons. The van der Waals surface area contributed by atoms with Gasteiger partial charge in [-0.3, -0.25) is 14.2 Å². The predicted molar refractivity (Wildman–Crippen MR) is 132 cm³/mol. The van der Waals surface area contributed by atoms with Crippen molar-refractivity contribution in [3.63, 3.8) is 0 Å². The summed E-state index contributed by atoms with van der Waals surface area (Å²) >= 11 is 1.31. The second kappa shape index (κ2) is 9.03. The van der Waals surface area contributed by atoms with E-state index in [-0.39, 0.29) is 11.1 Å². The van der Waals surface area contributed by atoms with Crippen LogP contribution < -0.4 is 20.6 Å². The first-order chi connectivity index (χ1) is 16.6. The smallest absolute Gasteiger partial charge is 0.266 e. The zero-order chi connectivity index (χ0) is 23.7. The summed E-state index contributed by atoms with van der Waals surface area (Å²) in [5.74, 6) is 1.87. The lowest BCUT2D eigenvalue weighted by atomic mass is 10.2. The fraction of sp³-hybridized carbons (Fsp3) is 0.120. The summed E-state index contributed by atoms with van der Waals surface area (Å²) in [4.78, 5) is 38.1. The van der Waals surface area contributed by atoms with E-state index < -0.39 is 0 Å². The number of para-hydroxylation sites is 2. The molecular formula is C25H20N4O4S. The average molecular weight is 473 g/mol. The lowest BCUT2D eigenvalue weighted by molar-refractivity contribution is 0.354. The highest BCUT2D eigenvalue weighted by Gasteiger charge is 2.16. The van der Waals surface area contributed by atoms with Gasteiger partial charge in [-0.25, -0.2) is 9.97 Å². The summed E-state index contributed by atoms with van der Waals surface area (Å²) in [7, 11) is 3.10. The standard InChI is InChI=1S/C25H20N4O4S/c1-32-20-12-11-15(13-21(20)33-2)29-24(31)17-8-4-6-10-19(17)27-25(29)34-14-22-26-18-9-5-3-7-16(18)23(30)28-22/h3-13H,14H2,1-2H3,(H,26,28,30). The number of fused-ring (bicyclic) bond motifs is 2. The lowest BCUT2D eigenvalue weighted by Crippen LogP contribution is -2.22. The molecule has 0 fully saturated rings. The van der Waals surface area contributed by atoms with Crippen LogP contribution in [0.15, 0.2) is 81.5 Å². The highest BCUT2D eigenvalue weighted by molar-refractivity contribution is 7.98. The molecule has 0 saturated heterocycles. The number of aromatic nitrogens is 4. The van der Waals surface area contributed by atoms with Gasteiger partial charge in [0.1, 0.15) is 5.82 Å². The number of rotatable bonds is 6. The Kier molecular flexibility index (Phi) is 5.77. The maximum Gasteiger partial charge on any atom is 0.266 e. The molecule has 0 bridgehead atoms. The van der Waals surface area contributed by atoms with Gasteiger partial charge < -0.3 is 14.5 Å². The van der Waals surface area contributed by atoms with Gasteiger partial charge >= 0.3 is 0 Å². The summed E-state index contributed by atoms with van der Waals surface area (Å²) in [5, 5.41) is 1.49. The van der Waals surface area contributed by atoms with E-state index in [0.717, 1.165) is 0 Å². The van der Waals surface area contributed by atoms with Gasteiger partial charge in [-0.1, -0.05) is 36.0 Å². The molecule has 1 N–H and O–H groups in total. The Bertz CT molecular complexity index is 1640. The van der Waals surface area contributed by atoms with Crippen molar-refractivity contribution >= 4 is 33.6 Å². The molecule has 0 aliphatic rings. The maximum absolute atomic E-state index is 13.5. The van der Waals surface area contributed by atoms with Crippen molar-refractivity contribution in [3.05, 3.63) is 93.3 Å². The van der Waals surface area contributed by atoms with Gasteiger partial charge in [0.25, 0.3) is 11.1 Å². The highest BCUT2D eigenvalue weighted by Crippen LogP contribution is 2.31. The first-order valence-corrected chi connectivity index (χ1v) is 11.4. The van der Waals surface area contributed by atoms with Crippen LogP contribution in [0, 0.1) is 0 Å². The number of thioether (sulfide) groups is 1. The molecule has 8 nitrogen and oxygen atoms in total. The molecular weight excluding hydrogens is 452 g/mol. The van der Waals surface area contributed by atoms with Gasteiger partial charge in [-0.2, -0.15) is 0 Å². The quantitative estimate of drug-likeness (QED) is 0.295. The molecule has 5 rings (SSSR count). The van der Waals surface area contributed by atoms with Crippen LogP contribution in [0.5, 0.6) is 11.5 Å². The van der Waals surface area contributed by atoms with E-state index in [9.17, 15) is 9.59 Å². The van der Waals surface area contributed by atoms with E-state index >= 15 is 0 Å². The number of methoxy groups -OCH3 is 2. The van der Waals surface area contributed by atoms with E-state index in [1.54, 1.807) is 68.8 Å². The molecule has 0 aliphatic carbocycles. The van der Waals surface area contributed by atoms with Crippen LogP contribution >= 0.6 is 11.8 Å². The van der Waals surface area contributed by atoms with Crippen molar-refractivity contribution in [1.82, 2.24) is 19.5 Å². The molecule has 34 heavy (non-hydrogen) atoms. The fourth-order valence-electron chi connectivity index (χ4n) is 3.74. The molecule has 0 radical (unpaired) electrons. The van der Waals surface area contributed by atoms with Crippen LogP contribution in [0.2, 0.25) is 0 Å². The zero-order valence-electron chi connectivity index (χ0n) is 18.4. The van der Waals surface area contributed by atoms with Gasteiger partial charge in [0.2, 0.25) is 0 Å². The summed E-state index contributed by atoms with van der Waals surface area (Å²) in [6.07, 6.45) is 0. The Morgan fingerprint density at radius 3 is 2.26 bits per heavy atom. The predicted octanol–water partition coefficient (Wildman–Crippen LogP) is 3.93. The van der Waals surface area contributed by atoms with E-state index in [1.165, 1.54) is 16.3 Å². The Morgan fingerprint density at radius 2 is 1.53 bits per heavy atom. The first-order valence-electron chi connectivity index (χ1n) is 10.4. The largest absolute Gasteiger partial charge is 0.493 e. The summed E-state index contributed by atoms with van der Waals surface area (Å²) < 4.78 is 12.3. The third-order valence-corrected chi connectivity index (χ3v) is 6.32. The summed E-state index contributed by atoms with van der Waals surface area (Å²) in [5.41, 5.74) is 1.38. The monoisotopic (exact) mass is 472 g/mol. The third kappa shape index (κ3) is 3.90. The molecule has 0 saturated carbocycles. The zero-order valence-corrected chi connectivity index (χ0v) is 19.3. The molecule has 0 aliphatic heterocycles. The van der Waals surface area contributed by atoms with Crippen molar-refractivity contribution < 1.29 is 9.47 Å². The van der Waals surface area contributed by atoms with Crippen molar-refractivity contribution in [2.45, 2.75) is 10.9 Å². The van der Waals surface area contributed by atoms with Gasteiger partial charge in [0.05, 0.1) is 47.5 Å². The van der Waals surface area contributed by atoms with Crippen LogP contribution in [0.25, 0.3) is 27.5 Å². The molecule has 2 heterocycles. The third-order valence-electron chi connectivity index (χ3n) is 5.37. The normalized spacial score (nSPS) is 11.1. The molecule has 9 heteroatoms. The second-order valence-corrected chi connectivity index (χ2v) is 8.35. The molecule has 5 aromatic rings. The Hall–Kier alpha value is -4.11. The average Bonchev–Trinajstić information content (AvgIpc) is 2.87. The second-order valence-electron chi connectivity index (χ2n) is 7.41. The number of hydrogen-bond donors (Lipinski definition) is 1. The SMILES string of the molecule is COc1ccc(-n2c(SCc3nc4ccccc4c(=O)[nH]3)nc3ccccc3c2=O)cc1OC. The molecule has 2 aromatic heterocycles. The number of nitrogens with one attached hydrogen (secondary N) is 1. The Labute approximate surface area is 198 Å². The van der Waals surface area contributed by atoms with Crippen LogP contribution in [0.3, 0.4) is 0 Å². The molecule has 0 atom stereocenters. The summed E-state index contributed by atoms with van der Waals surface area (Å²) in [6, 6.07) is 19.6. The maximum atomic E-state index is 13.5. The van der Waals surface area contributed by atoms with Gasteiger partial charge in [-0.05, 0) is 36.4 Å². The minimum absolute atomic E-state index is 0.204. The van der Waals surface area contributed by atoms with Gasteiger partial charge in [0.15, 0.2) is 16.7 Å². The minimum Gasteiger partial charge on any atom is -0.493 e. The van der Waals surface area contributed by atoms with Crippen LogP contribution in [-0.4, -0.2) is 33.7 Å². The number of nitrogens with zero attached hydrogens (tertiary/aromatic N) is 3. The van der Waals surface area contributed by atoms with Crippen molar-refractivity contribution in [1.29, 1.82) is 0 Å². The number of H-pyrrole nitrogens is 1. The van der Waals surface area contributed by atoms with E-state index in [1.807, 2.05) is 12.1 Å². The lowest BCUT2D eigenvalue weighted by Gasteiger charge is -2.15. The van der Waals surface area contributed by atoms with Crippen LogP contribution in [0.1, 0.15) is 5.82 Å². The topological polar surface area (TPSA) is 99.1 Å². The molecule has 0 amide bonds.